The van der Waals surface area contributed by atoms with Crippen LogP contribution in [0.5, 0.6) is 0 Å². The third-order valence-corrected chi connectivity index (χ3v) is 1.44. The lowest BCUT2D eigenvalue weighted by Crippen LogP contribution is -2.36. The Hall–Kier alpha value is -1.38. The zero-order valence-electron chi connectivity index (χ0n) is 8.23. The summed E-state index contributed by atoms with van der Waals surface area (Å²) < 4.78 is 38.8. The number of alkyl carbamates (subject to hydrolysis) is 1. The fraction of sp³-hybridized carbons (Fsp3) is 0.667. The normalized spacial score (nSPS) is 12.7. The number of nitrogens with one attached hydrogen (secondary N) is 1. The summed E-state index contributed by atoms with van der Waals surface area (Å²) in [5.41, 5.74) is 0. The molecule has 0 aliphatic rings. The molecule has 0 rings (SSSR count). The van der Waals surface area contributed by atoms with Gasteiger partial charge < -0.3 is 10.1 Å². The number of hydrogen-bond donors (Lipinski definition) is 1. The largest absolute Gasteiger partial charge is 0.440 e. The van der Waals surface area contributed by atoms with Gasteiger partial charge in [0.05, 0.1) is 6.04 Å². The maximum Gasteiger partial charge on any atom is 0.422 e. The van der Waals surface area contributed by atoms with Crippen molar-refractivity contribution < 1.29 is 22.7 Å². The van der Waals surface area contributed by atoms with Crippen molar-refractivity contribution >= 4 is 6.09 Å². The van der Waals surface area contributed by atoms with E-state index < -0.39 is 24.9 Å². The van der Waals surface area contributed by atoms with Crippen LogP contribution in [0.4, 0.5) is 18.0 Å². The Morgan fingerprint density at radius 3 is 2.60 bits per heavy atom. The van der Waals surface area contributed by atoms with Gasteiger partial charge in [-0.1, -0.05) is 19.3 Å². The molecule has 1 amide bonds. The van der Waals surface area contributed by atoms with E-state index in [1.165, 1.54) is 0 Å². The summed E-state index contributed by atoms with van der Waals surface area (Å²) in [4.78, 5) is 10.8. The summed E-state index contributed by atoms with van der Waals surface area (Å²) in [6.45, 7) is 0.231. The predicted octanol–water partition coefficient (Wildman–Crippen LogP) is 2.08. The average Bonchev–Trinajstić information content (AvgIpc) is 2.13. The van der Waals surface area contributed by atoms with E-state index >= 15 is 0 Å². The fourth-order valence-electron chi connectivity index (χ4n) is 0.817. The van der Waals surface area contributed by atoms with E-state index in [-0.39, 0.29) is 0 Å². The minimum absolute atomic E-state index is 0.498. The highest BCUT2D eigenvalue weighted by Gasteiger charge is 2.29. The highest BCUT2D eigenvalue weighted by atomic mass is 19.4. The van der Waals surface area contributed by atoms with Gasteiger partial charge in [-0.2, -0.15) is 13.2 Å². The first kappa shape index (κ1) is 13.6. The van der Waals surface area contributed by atoms with Gasteiger partial charge in [0, 0.05) is 0 Å². The minimum atomic E-state index is -4.52. The van der Waals surface area contributed by atoms with E-state index in [1.54, 1.807) is 0 Å². The first-order chi connectivity index (χ1) is 6.89. The summed E-state index contributed by atoms with van der Waals surface area (Å²) in [7, 11) is 0. The summed E-state index contributed by atoms with van der Waals surface area (Å²) in [6.07, 6.45) is 0.591. The smallest absolute Gasteiger partial charge is 0.422 e. The molecular weight excluding hydrogens is 211 g/mol. The maximum atomic E-state index is 11.6. The van der Waals surface area contributed by atoms with Gasteiger partial charge in [-0.3, -0.25) is 0 Å². The lowest BCUT2D eigenvalue weighted by molar-refractivity contribution is -0.160. The first-order valence-electron chi connectivity index (χ1n) is 4.35. The van der Waals surface area contributed by atoms with Gasteiger partial charge in [-0.25, -0.2) is 4.79 Å². The zero-order chi connectivity index (χ0) is 11.9. The minimum Gasteiger partial charge on any atom is -0.440 e. The van der Waals surface area contributed by atoms with Gasteiger partial charge >= 0.3 is 12.3 Å². The van der Waals surface area contributed by atoms with Crippen molar-refractivity contribution in [3.05, 3.63) is 0 Å². The summed E-state index contributed by atoms with van der Waals surface area (Å²) in [5.74, 6) is 2.24. The molecule has 0 aromatic carbocycles. The number of ether oxygens (including phenoxy) is 1. The van der Waals surface area contributed by atoms with Gasteiger partial charge in [-0.05, 0) is 6.42 Å². The highest BCUT2D eigenvalue weighted by Crippen LogP contribution is 2.14. The molecule has 0 saturated carbocycles. The molecule has 0 spiro atoms. The first-order valence-corrected chi connectivity index (χ1v) is 4.35. The molecule has 0 radical (unpaired) electrons. The standard InChI is InChI=1S/C9H12F3NO2/c1-3-5-7(4-2)13-8(14)15-6-9(10,11)12/h2,7H,3,5-6H2,1H3,(H,13,14). The number of alkyl halides is 3. The summed E-state index contributed by atoms with van der Waals surface area (Å²) in [6, 6.07) is -0.587. The molecule has 3 nitrogen and oxygen atoms in total. The van der Waals surface area contributed by atoms with E-state index in [0.717, 1.165) is 0 Å². The van der Waals surface area contributed by atoms with Crippen LogP contribution in [0.1, 0.15) is 19.8 Å². The predicted molar refractivity (Wildman–Crippen MR) is 48.1 cm³/mol. The van der Waals surface area contributed by atoms with Crippen LogP contribution in [-0.2, 0) is 4.74 Å². The molecule has 0 bridgehead atoms. The second-order valence-corrected chi connectivity index (χ2v) is 2.84. The van der Waals surface area contributed by atoms with Crippen LogP contribution >= 0.6 is 0 Å². The second-order valence-electron chi connectivity index (χ2n) is 2.84. The molecule has 1 atom stereocenters. The number of halogens is 3. The molecule has 0 heterocycles. The SMILES string of the molecule is C#CC(CCC)NC(=O)OCC(F)(F)F. The van der Waals surface area contributed by atoms with Gasteiger partial charge in [0.15, 0.2) is 6.61 Å². The number of carbonyl (C=O) groups is 1. The molecule has 6 heteroatoms. The van der Waals surface area contributed by atoms with Crippen LogP contribution in [0, 0.1) is 12.3 Å². The van der Waals surface area contributed by atoms with Gasteiger partial charge in [-0.15, -0.1) is 6.42 Å². The Labute approximate surface area is 86.0 Å². The Kier molecular flexibility index (Phi) is 5.60. The van der Waals surface area contributed by atoms with Crippen LogP contribution in [0.15, 0.2) is 0 Å². The van der Waals surface area contributed by atoms with Gasteiger partial charge in [0.2, 0.25) is 0 Å². The Morgan fingerprint density at radius 1 is 1.60 bits per heavy atom. The lowest BCUT2D eigenvalue weighted by Gasteiger charge is -2.13. The Balaban J connectivity index is 3.88. The van der Waals surface area contributed by atoms with Crippen LogP contribution < -0.4 is 5.32 Å². The molecule has 0 aliphatic carbocycles. The fourth-order valence-corrected chi connectivity index (χ4v) is 0.817. The number of terminal acetylenes is 1. The molecule has 86 valence electrons. The monoisotopic (exact) mass is 223 g/mol. The van der Waals surface area contributed by atoms with Crippen LogP contribution in [-0.4, -0.2) is 24.9 Å². The van der Waals surface area contributed by atoms with E-state index in [0.29, 0.717) is 12.8 Å². The van der Waals surface area contributed by atoms with E-state index in [2.05, 4.69) is 16.0 Å². The van der Waals surface area contributed by atoms with Crippen molar-refractivity contribution in [3.8, 4) is 12.3 Å². The van der Waals surface area contributed by atoms with Crippen molar-refractivity contribution in [3.63, 3.8) is 0 Å². The summed E-state index contributed by atoms with van der Waals surface area (Å²) >= 11 is 0. The van der Waals surface area contributed by atoms with Crippen LogP contribution in [0.3, 0.4) is 0 Å². The van der Waals surface area contributed by atoms with E-state index in [1.807, 2.05) is 6.92 Å². The molecule has 0 fully saturated rings. The lowest BCUT2D eigenvalue weighted by atomic mass is 10.2. The van der Waals surface area contributed by atoms with Crippen LogP contribution in [0.25, 0.3) is 0 Å². The number of carbonyl (C=O) groups excluding carboxylic acids is 1. The third-order valence-electron chi connectivity index (χ3n) is 1.44. The molecule has 0 aliphatic heterocycles. The van der Waals surface area contributed by atoms with Crippen molar-refractivity contribution in [2.45, 2.75) is 32.0 Å². The molecule has 15 heavy (non-hydrogen) atoms. The van der Waals surface area contributed by atoms with E-state index in [4.69, 9.17) is 6.42 Å². The number of amides is 1. The number of rotatable bonds is 4. The van der Waals surface area contributed by atoms with Crippen molar-refractivity contribution in [2.75, 3.05) is 6.61 Å². The van der Waals surface area contributed by atoms with Crippen LogP contribution in [0.2, 0.25) is 0 Å². The summed E-state index contributed by atoms with van der Waals surface area (Å²) in [5, 5.41) is 2.14. The van der Waals surface area contributed by atoms with E-state index in [9.17, 15) is 18.0 Å². The molecule has 0 aromatic rings. The maximum absolute atomic E-state index is 11.6. The van der Waals surface area contributed by atoms with Crippen molar-refractivity contribution in [1.29, 1.82) is 0 Å². The molecule has 1 unspecified atom stereocenters. The molecule has 0 aromatic heterocycles. The molecular formula is C9H12F3NO2. The Morgan fingerprint density at radius 2 is 2.20 bits per heavy atom. The highest BCUT2D eigenvalue weighted by molar-refractivity contribution is 5.68. The topological polar surface area (TPSA) is 38.3 Å². The van der Waals surface area contributed by atoms with Crippen molar-refractivity contribution in [2.24, 2.45) is 0 Å². The third kappa shape index (κ3) is 7.67. The molecule has 0 saturated heterocycles. The van der Waals surface area contributed by atoms with Crippen molar-refractivity contribution in [1.82, 2.24) is 5.32 Å². The zero-order valence-corrected chi connectivity index (χ0v) is 8.23. The average molecular weight is 223 g/mol. The second kappa shape index (κ2) is 6.17. The van der Waals surface area contributed by atoms with Gasteiger partial charge in [0.25, 0.3) is 0 Å². The number of hydrogen-bond acceptors (Lipinski definition) is 2. The molecule has 1 N–H and O–H groups in total. The quantitative estimate of drug-likeness (QED) is 0.741. The Bertz CT molecular complexity index is 245. The van der Waals surface area contributed by atoms with Gasteiger partial charge in [0.1, 0.15) is 0 Å².